The summed E-state index contributed by atoms with van der Waals surface area (Å²) in [5.74, 6) is 0. The molecule has 0 N–H and O–H groups in total. The second kappa shape index (κ2) is 4.20. The standard InChI is InChI=1S/C6Cl5NO/c7-1-2(8)4(10)6(12-13)5(11)3(1)9. The molecule has 0 aliphatic rings. The normalized spacial score (nSPS) is 10.2. The Balaban J connectivity index is 3.66. The zero-order chi connectivity index (χ0) is 10.2. The largest absolute Gasteiger partial charge is 0.148 e. The maximum atomic E-state index is 10.3. The van der Waals surface area contributed by atoms with Gasteiger partial charge in [-0.05, 0) is 5.18 Å². The average molecular weight is 279 g/mol. The lowest BCUT2D eigenvalue weighted by molar-refractivity contribution is 1.50. The van der Waals surface area contributed by atoms with Gasteiger partial charge in [0.25, 0.3) is 0 Å². The molecule has 0 aliphatic carbocycles. The summed E-state index contributed by atoms with van der Waals surface area (Å²) in [6, 6.07) is 0. The van der Waals surface area contributed by atoms with E-state index in [1.165, 1.54) is 0 Å². The minimum atomic E-state index is -0.206. The van der Waals surface area contributed by atoms with Crippen LogP contribution in [0.1, 0.15) is 0 Å². The first kappa shape index (κ1) is 11.3. The number of benzene rings is 1. The smallest absolute Gasteiger partial charge is 0.145 e. The van der Waals surface area contributed by atoms with Crippen molar-refractivity contribution in [1.82, 2.24) is 0 Å². The van der Waals surface area contributed by atoms with Gasteiger partial charge in [-0.2, -0.15) is 0 Å². The van der Waals surface area contributed by atoms with Gasteiger partial charge in [-0.1, -0.05) is 58.0 Å². The molecule has 1 rings (SSSR count). The molecule has 70 valence electrons. The number of nitroso groups, excluding NO2 is 1. The minimum Gasteiger partial charge on any atom is -0.145 e. The van der Waals surface area contributed by atoms with Gasteiger partial charge < -0.3 is 0 Å². The van der Waals surface area contributed by atoms with Gasteiger partial charge in [-0.3, -0.25) is 0 Å². The highest BCUT2D eigenvalue weighted by molar-refractivity contribution is 6.56. The Morgan fingerprint density at radius 1 is 0.692 bits per heavy atom. The number of halogens is 5. The molecule has 0 atom stereocenters. The Bertz CT molecular complexity index is 349. The molecule has 0 spiro atoms. The number of hydrogen-bond acceptors (Lipinski definition) is 2. The van der Waals surface area contributed by atoms with E-state index >= 15 is 0 Å². The third-order valence-corrected chi connectivity index (χ3v) is 3.53. The second-order valence-electron chi connectivity index (χ2n) is 2.01. The molecule has 0 aliphatic heterocycles. The fraction of sp³-hybridized carbons (Fsp3) is 0. The summed E-state index contributed by atoms with van der Waals surface area (Å²) in [6.45, 7) is 0. The fourth-order valence-corrected chi connectivity index (χ4v) is 1.87. The lowest BCUT2D eigenvalue weighted by atomic mass is 10.3. The summed E-state index contributed by atoms with van der Waals surface area (Å²) < 4.78 is 0. The highest BCUT2D eigenvalue weighted by Crippen LogP contribution is 2.47. The maximum absolute atomic E-state index is 10.3. The van der Waals surface area contributed by atoms with E-state index in [-0.39, 0.29) is 30.8 Å². The molecule has 0 saturated heterocycles. The summed E-state index contributed by atoms with van der Waals surface area (Å²) in [7, 11) is 0. The molecule has 0 amide bonds. The van der Waals surface area contributed by atoms with Crippen LogP contribution in [-0.2, 0) is 0 Å². The molecule has 1 aromatic rings. The van der Waals surface area contributed by atoms with Gasteiger partial charge in [0, 0.05) is 0 Å². The van der Waals surface area contributed by atoms with Crippen LogP contribution in [0.25, 0.3) is 0 Å². The summed E-state index contributed by atoms with van der Waals surface area (Å²) in [4.78, 5) is 10.3. The van der Waals surface area contributed by atoms with Crippen LogP contribution in [0.5, 0.6) is 0 Å². The number of hydrogen-bond donors (Lipinski definition) is 0. The lowest BCUT2D eigenvalue weighted by Crippen LogP contribution is -1.79. The predicted octanol–water partition coefficient (Wildman–Crippen LogP) is 5.35. The zero-order valence-corrected chi connectivity index (χ0v) is 9.52. The highest BCUT2D eigenvalue weighted by atomic mass is 35.5. The topological polar surface area (TPSA) is 29.4 Å². The number of rotatable bonds is 1. The quantitative estimate of drug-likeness (QED) is 0.387. The van der Waals surface area contributed by atoms with E-state index in [1.807, 2.05) is 0 Å². The molecule has 1 aromatic carbocycles. The van der Waals surface area contributed by atoms with Crippen LogP contribution in [0, 0.1) is 4.91 Å². The Hall–Kier alpha value is 0.270. The van der Waals surface area contributed by atoms with Crippen LogP contribution in [0.15, 0.2) is 5.18 Å². The van der Waals surface area contributed by atoms with E-state index in [0.29, 0.717) is 0 Å². The molecular formula is C6Cl5NO. The van der Waals surface area contributed by atoms with Crippen molar-refractivity contribution in [2.24, 2.45) is 5.18 Å². The third-order valence-electron chi connectivity index (χ3n) is 1.28. The molecule has 0 radical (unpaired) electrons. The Morgan fingerprint density at radius 2 is 1.00 bits per heavy atom. The molecule has 2 nitrogen and oxygen atoms in total. The van der Waals surface area contributed by atoms with Gasteiger partial charge in [-0.25, -0.2) is 0 Å². The SMILES string of the molecule is O=Nc1c(Cl)c(Cl)c(Cl)c(Cl)c1Cl. The van der Waals surface area contributed by atoms with Crippen LogP contribution in [0.2, 0.25) is 25.1 Å². The van der Waals surface area contributed by atoms with E-state index in [0.717, 1.165) is 0 Å². The number of nitrogens with zero attached hydrogens (tertiary/aromatic N) is 1. The second-order valence-corrected chi connectivity index (χ2v) is 3.90. The molecule has 0 unspecified atom stereocenters. The first-order valence-corrected chi connectivity index (χ1v) is 4.74. The van der Waals surface area contributed by atoms with Crippen molar-refractivity contribution in [3.8, 4) is 0 Å². The van der Waals surface area contributed by atoms with Crippen molar-refractivity contribution < 1.29 is 0 Å². The van der Waals surface area contributed by atoms with Gasteiger partial charge in [0.1, 0.15) is 5.69 Å². The first-order chi connectivity index (χ1) is 6.00. The van der Waals surface area contributed by atoms with Crippen LogP contribution >= 0.6 is 58.0 Å². The van der Waals surface area contributed by atoms with Crippen LogP contribution in [0.4, 0.5) is 5.69 Å². The molecule has 7 heteroatoms. The predicted molar refractivity (Wildman–Crippen MR) is 56.9 cm³/mol. The fourth-order valence-electron chi connectivity index (χ4n) is 0.673. The van der Waals surface area contributed by atoms with Crippen LogP contribution in [0.3, 0.4) is 0 Å². The van der Waals surface area contributed by atoms with Gasteiger partial charge in [-0.15, -0.1) is 4.91 Å². The molecule has 0 heterocycles. The van der Waals surface area contributed by atoms with E-state index in [4.69, 9.17) is 58.0 Å². The van der Waals surface area contributed by atoms with Crippen molar-refractivity contribution >= 4 is 63.7 Å². The zero-order valence-electron chi connectivity index (χ0n) is 5.75. The van der Waals surface area contributed by atoms with Crippen molar-refractivity contribution in [2.45, 2.75) is 0 Å². The van der Waals surface area contributed by atoms with Gasteiger partial charge >= 0.3 is 0 Å². The summed E-state index contributed by atoms with van der Waals surface area (Å²) in [6.07, 6.45) is 0. The summed E-state index contributed by atoms with van der Waals surface area (Å²) in [5, 5.41) is 2.32. The van der Waals surface area contributed by atoms with E-state index in [1.54, 1.807) is 0 Å². The maximum Gasteiger partial charge on any atom is 0.148 e. The molecular weight excluding hydrogens is 279 g/mol. The van der Waals surface area contributed by atoms with Gasteiger partial charge in [0.05, 0.1) is 25.1 Å². The van der Waals surface area contributed by atoms with Crippen molar-refractivity contribution in [2.75, 3.05) is 0 Å². The first-order valence-electron chi connectivity index (χ1n) is 2.85. The van der Waals surface area contributed by atoms with Gasteiger partial charge in [0.15, 0.2) is 0 Å². The van der Waals surface area contributed by atoms with E-state index < -0.39 is 0 Å². The Kier molecular flexibility index (Phi) is 3.66. The van der Waals surface area contributed by atoms with Gasteiger partial charge in [0.2, 0.25) is 0 Å². The van der Waals surface area contributed by atoms with Crippen molar-refractivity contribution in [3.63, 3.8) is 0 Å². The van der Waals surface area contributed by atoms with Crippen LogP contribution in [-0.4, -0.2) is 0 Å². The Morgan fingerprint density at radius 3 is 1.31 bits per heavy atom. The van der Waals surface area contributed by atoms with E-state index in [2.05, 4.69) is 5.18 Å². The molecule has 13 heavy (non-hydrogen) atoms. The minimum absolute atomic E-state index is 0.00531. The molecule has 0 fully saturated rings. The van der Waals surface area contributed by atoms with Crippen LogP contribution < -0.4 is 0 Å². The summed E-state index contributed by atoms with van der Waals surface area (Å²) in [5.41, 5.74) is -0.206. The molecule has 0 saturated carbocycles. The summed E-state index contributed by atoms with van der Waals surface area (Å²) >= 11 is 28.2. The monoisotopic (exact) mass is 277 g/mol. The van der Waals surface area contributed by atoms with Crippen molar-refractivity contribution in [3.05, 3.63) is 30.0 Å². The van der Waals surface area contributed by atoms with Crippen molar-refractivity contribution in [1.29, 1.82) is 0 Å². The third kappa shape index (κ3) is 1.88. The highest BCUT2D eigenvalue weighted by Gasteiger charge is 2.19. The molecule has 0 aromatic heterocycles. The lowest BCUT2D eigenvalue weighted by Gasteiger charge is -2.05. The Labute approximate surface area is 98.6 Å². The average Bonchev–Trinajstić information content (AvgIpc) is 2.13. The molecule has 0 bridgehead atoms. The van der Waals surface area contributed by atoms with E-state index in [9.17, 15) is 4.91 Å².